The van der Waals surface area contributed by atoms with Crippen molar-refractivity contribution in [1.29, 1.82) is 0 Å². The van der Waals surface area contributed by atoms with Crippen LogP contribution in [0.4, 0.5) is 0 Å². The SMILES string of the molecule is [Ba+2].[Eu].[H-].[H-].[H-].[H-].[Mg+2].[O]=[AlH]. The molecule has 0 amide bonds. The van der Waals surface area contributed by atoms with Gasteiger partial charge < -0.3 is 5.71 Å². The fraction of sp³-hybridized carbons (Fsp3) is 0. The van der Waals surface area contributed by atoms with Gasteiger partial charge in [0.1, 0.15) is 0 Å². The van der Waals surface area contributed by atoms with Gasteiger partial charge in [0.05, 0.1) is 0 Å². The predicted molar refractivity (Wildman–Crippen MR) is 23.8 cm³/mol. The summed E-state index contributed by atoms with van der Waals surface area (Å²) in [4.78, 5) is 0. The Kier molecular flexibility index (Phi) is 110. The third-order valence-corrected chi connectivity index (χ3v) is 0. The monoisotopic (exact) mass is 363 g/mol. The van der Waals surface area contributed by atoms with Crippen LogP contribution in [0, 0.1) is 49.4 Å². The molecule has 5 heavy (non-hydrogen) atoms. The topological polar surface area (TPSA) is 17.1 Å². The van der Waals surface area contributed by atoms with E-state index in [2.05, 4.69) is 0 Å². The van der Waals surface area contributed by atoms with Crippen molar-refractivity contribution >= 4 is 88.2 Å². The average Bonchev–Trinajstić information content (AvgIpc) is 1.00. The molecule has 0 saturated carbocycles. The van der Waals surface area contributed by atoms with E-state index < -0.39 is 0 Å². The van der Waals surface area contributed by atoms with Crippen molar-refractivity contribution in [3.8, 4) is 0 Å². The standard InChI is InChI=1S/Al.Ba.Eu.Mg.O.5H/q;+2;;+2;;;4*-1. The van der Waals surface area contributed by atoms with E-state index in [0.717, 1.165) is 0 Å². The minimum atomic E-state index is 0. The zero-order valence-corrected chi connectivity index (χ0v) is 12.6. The molecule has 0 saturated heterocycles. The van der Waals surface area contributed by atoms with E-state index in [1.807, 2.05) is 0 Å². The van der Waals surface area contributed by atoms with Gasteiger partial charge in [0, 0.05) is 49.4 Å². The first kappa shape index (κ1) is 22.8. The summed E-state index contributed by atoms with van der Waals surface area (Å²) in [5.74, 6) is 0. The summed E-state index contributed by atoms with van der Waals surface area (Å²) in [6.45, 7) is 0. The van der Waals surface area contributed by atoms with Crippen LogP contribution in [0.5, 0.6) is 0 Å². The van der Waals surface area contributed by atoms with E-state index in [1.165, 1.54) is 0 Å². The number of rotatable bonds is 0. The van der Waals surface area contributed by atoms with Crippen LogP contribution in [0.3, 0.4) is 0 Å². The van der Waals surface area contributed by atoms with Crippen LogP contribution in [0.1, 0.15) is 5.71 Å². The van der Waals surface area contributed by atoms with Gasteiger partial charge >= 0.3 is 92.0 Å². The van der Waals surface area contributed by atoms with E-state index in [4.69, 9.17) is 3.80 Å². The molecule has 0 heterocycles. The van der Waals surface area contributed by atoms with Crippen LogP contribution in [-0.4, -0.2) is 88.2 Å². The van der Waals surface area contributed by atoms with Gasteiger partial charge in [-0.2, -0.15) is 0 Å². The third-order valence-electron chi connectivity index (χ3n) is 0. The van der Waals surface area contributed by atoms with Gasteiger partial charge in [-0.25, -0.2) is 0 Å². The fourth-order valence-corrected chi connectivity index (χ4v) is 0. The molecule has 0 aromatic carbocycles. The Balaban J connectivity index is -0.000000000238. The first-order valence-electron chi connectivity index (χ1n) is 0.289. The van der Waals surface area contributed by atoms with Crippen molar-refractivity contribution in [2.75, 3.05) is 0 Å². The van der Waals surface area contributed by atoms with Gasteiger partial charge in [-0.05, 0) is 0 Å². The fourth-order valence-electron chi connectivity index (χ4n) is 0. The van der Waals surface area contributed by atoms with Gasteiger partial charge in [0.25, 0.3) is 0 Å². The molecular formula is H5AlBaEuMgO. The van der Waals surface area contributed by atoms with E-state index >= 15 is 0 Å². The second kappa shape index (κ2) is 24.0. The molecule has 1 nitrogen and oxygen atoms in total. The summed E-state index contributed by atoms with van der Waals surface area (Å²) in [7, 11) is 0. The normalized spacial score (nSPS) is 0.600. The summed E-state index contributed by atoms with van der Waals surface area (Å²) in [5, 5.41) is 0. The molecule has 0 rings (SSSR count). The molecule has 0 atom stereocenters. The zero-order chi connectivity index (χ0) is 2.00. The van der Waals surface area contributed by atoms with Crippen LogP contribution < -0.4 is 0 Å². The molecule has 0 aliphatic heterocycles. The molecule has 0 unspecified atom stereocenters. The number of hydrogen-bond acceptors (Lipinski definition) is 1. The molecule has 0 spiro atoms. The molecule has 0 aromatic heterocycles. The second-order valence-electron chi connectivity index (χ2n) is 0. The van der Waals surface area contributed by atoms with Crippen molar-refractivity contribution in [2.45, 2.75) is 0 Å². The first-order chi connectivity index (χ1) is 1.00. The third kappa shape index (κ3) is 17.8. The van der Waals surface area contributed by atoms with Crippen LogP contribution >= 0.6 is 0 Å². The van der Waals surface area contributed by atoms with Gasteiger partial charge in [-0.1, -0.05) is 0 Å². The summed E-state index contributed by atoms with van der Waals surface area (Å²) in [6.07, 6.45) is 0. The molecule has 0 aliphatic rings. The summed E-state index contributed by atoms with van der Waals surface area (Å²) < 4.78 is 8.28. The molecule has 5 heteroatoms. The van der Waals surface area contributed by atoms with Crippen molar-refractivity contribution in [2.24, 2.45) is 0 Å². The Bertz CT molecular complexity index is 20.5. The first-order valence-corrected chi connectivity index (χ1v) is 0.866. The Labute approximate surface area is 143 Å². The van der Waals surface area contributed by atoms with Gasteiger partial charge in [0.2, 0.25) is 0 Å². The molecule has 0 fully saturated rings. The second-order valence-corrected chi connectivity index (χ2v) is 0. The van der Waals surface area contributed by atoms with Crippen LogP contribution in [-0.2, 0) is 3.80 Å². The van der Waals surface area contributed by atoms with E-state index in [-0.39, 0.29) is 127 Å². The molecule has 1 radical (unpaired) electrons. The maximum absolute atomic E-state index is 8.28. The Hall–Kier alpha value is 4.25. The summed E-state index contributed by atoms with van der Waals surface area (Å²) in [5.41, 5.74) is 0. The number of hydrogen-bond donors (Lipinski definition) is 0. The average molecular weight is 362 g/mol. The maximum atomic E-state index is 8.28. The molecule has 0 bridgehead atoms. The molecular weight excluding hydrogens is 357 g/mol. The van der Waals surface area contributed by atoms with E-state index in [1.54, 1.807) is 0 Å². The Morgan fingerprint density at radius 1 is 1.40 bits per heavy atom. The van der Waals surface area contributed by atoms with Gasteiger partial charge in [-0.15, -0.1) is 0 Å². The minimum absolute atomic E-state index is 0. The predicted octanol–water partition coefficient (Wildman–Crippen LogP) is -1.08. The van der Waals surface area contributed by atoms with Crippen molar-refractivity contribution in [3.63, 3.8) is 0 Å². The van der Waals surface area contributed by atoms with Crippen molar-refractivity contribution in [1.82, 2.24) is 0 Å². The summed E-state index contributed by atoms with van der Waals surface area (Å²) in [6, 6.07) is 0. The Morgan fingerprint density at radius 3 is 1.40 bits per heavy atom. The van der Waals surface area contributed by atoms with Gasteiger partial charge in [-0.3, -0.25) is 0 Å². The zero-order valence-electron chi connectivity index (χ0n) is 6.91. The van der Waals surface area contributed by atoms with E-state index in [0.29, 0.717) is 16.2 Å². The summed E-state index contributed by atoms with van der Waals surface area (Å²) >= 11 is 0.611. The molecule has 25 valence electrons. The van der Waals surface area contributed by atoms with Crippen LogP contribution in [0.15, 0.2) is 0 Å². The van der Waals surface area contributed by atoms with Crippen LogP contribution in [0.25, 0.3) is 0 Å². The Morgan fingerprint density at radius 2 is 1.40 bits per heavy atom. The molecule has 0 aliphatic carbocycles. The van der Waals surface area contributed by atoms with E-state index in [9.17, 15) is 0 Å². The van der Waals surface area contributed by atoms with Crippen molar-refractivity contribution < 1.29 is 58.9 Å². The molecule has 0 aromatic rings. The van der Waals surface area contributed by atoms with Crippen molar-refractivity contribution in [3.05, 3.63) is 0 Å². The van der Waals surface area contributed by atoms with Gasteiger partial charge in [0.15, 0.2) is 0 Å². The van der Waals surface area contributed by atoms with Crippen LogP contribution in [0.2, 0.25) is 0 Å². The quantitative estimate of drug-likeness (QED) is 0.502. The molecule has 0 N–H and O–H groups in total.